The van der Waals surface area contributed by atoms with E-state index in [4.69, 9.17) is 4.74 Å². The number of hydrogen-bond donors (Lipinski definition) is 1. The molecule has 108 valence electrons. The second-order valence-electron chi connectivity index (χ2n) is 4.61. The summed E-state index contributed by atoms with van der Waals surface area (Å²) in [4.78, 5) is 24.9. The lowest BCUT2D eigenvalue weighted by atomic mass is 10.3. The van der Waals surface area contributed by atoms with Crippen molar-refractivity contribution in [2.24, 2.45) is 0 Å². The van der Waals surface area contributed by atoms with E-state index in [1.54, 1.807) is 4.90 Å². The number of amides is 2. The van der Waals surface area contributed by atoms with Crippen molar-refractivity contribution < 1.29 is 18.7 Å². The molecule has 1 aromatic rings. The highest BCUT2D eigenvalue weighted by Gasteiger charge is 2.18. The fourth-order valence-corrected chi connectivity index (χ4v) is 1.98. The first-order chi connectivity index (χ1) is 9.65. The average molecular weight is 280 g/mol. The van der Waals surface area contributed by atoms with E-state index in [9.17, 15) is 14.0 Å². The van der Waals surface area contributed by atoms with Crippen molar-refractivity contribution in [2.75, 3.05) is 26.2 Å². The molecule has 0 radical (unpaired) electrons. The van der Waals surface area contributed by atoms with E-state index in [1.165, 1.54) is 24.3 Å². The van der Waals surface area contributed by atoms with Gasteiger partial charge < -0.3 is 15.0 Å². The van der Waals surface area contributed by atoms with Crippen LogP contribution in [-0.4, -0.2) is 43.0 Å². The number of carbonyl (C=O) groups excluding carboxylic acids is 2. The molecule has 1 aliphatic rings. The minimum Gasteiger partial charge on any atom is -0.484 e. The maximum absolute atomic E-state index is 12.7. The predicted octanol–water partition coefficient (Wildman–Crippen LogP) is 0.943. The number of rotatable bonds is 5. The average Bonchev–Trinajstić information content (AvgIpc) is 2.98. The van der Waals surface area contributed by atoms with Gasteiger partial charge in [0.05, 0.1) is 6.54 Å². The Hall–Kier alpha value is -2.11. The molecule has 1 aliphatic heterocycles. The second-order valence-corrected chi connectivity index (χ2v) is 4.61. The summed E-state index contributed by atoms with van der Waals surface area (Å²) in [5.41, 5.74) is 0. The Morgan fingerprint density at radius 1 is 1.20 bits per heavy atom. The van der Waals surface area contributed by atoms with Gasteiger partial charge in [-0.05, 0) is 37.1 Å². The van der Waals surface area contributed by atoms with Gasteiger partial charge in [-0.1, -0.05) is 0 Å². The summed E-state index contributed by atoms with van der Waals surface area (Å²) in [6.07, 6.45) is 2.04. The van der Waals surface area contributed by atoms with Gasteiger partial charge in [0.25, 0.3) is 5.91 Å². The number of nitrogens with one attached hydrogen (secondary N) is 1. The number of carbonyl (C=O) groups is 2. The van der Waals surface area contributed by atoms with Gasteiger partial charge in [0.15, 0.2) is 6.61 Å². The highest BCUT2D eigenvalue weighted by Crippen LogP contribution is 2.10. The Bertz CT molecular complexity index is 470. The molecule has 0 unspecified atom stereocenters. The van der Waals surface area contributed by atoms with E-state index in [1.807, 2.05) is 0 Å². The Balaban J connectivity index is 1.67. The Kier molecular flexibility index (Phi) is 4.92. The van der Waals surface area contributed by atoms with Crippen LogP contribution in [0, 0.1) is 5.82 Å². The van der Waals surface area contributed by atoms with E-state index in [0.717, 1.165) is 25.9 Å². The van der Waals surface area contributed by atoms with Crippen molar-refractivity contribution in [1.29, 1.82) is 0 Å². The minimum absolute atomic E-state index is 0.00832. The molecule has 0 saturated carbocycles. The molecule has 1 aromatic carbocycles. The molecule has 1 saturated heterocycles. The van der Waals surface area contributed by atoms with Crippen molar-refractivity contribution in [2.45, 2.75) is 12.8 Å². The fourth-order valence-electron chi connectivity index (χ4n) is 1.98. The molecule has 0 bridgehead atoms. The lowest BCUT2D eigenvalue weighted by molar-refractivity contribution is -0.132. The first-order valence-corrected chi connectivity index (χ1v) is 6.58. The number of halogens is 1. The highest BCUT2D eigenvalue weighted by molar-refractivity contribution is 5.85. The van der Waals surface area contributed by atoms with E-state index in [2.05, 4.69) is 5.32 Å². The molecule has 6 heteroatoms. The summed E-state index contributed by atoms with van der Waals surface area (Å²) in [5, 5.41) is 2.51. The fraction of sp³-hybridized carbons (Fsp3) is 0.429. The SMILES string of the molecule is O=C(COc1ccc(F)cc1)NCC(=O)N1CCCC1. The molecule has 1 heterocycles. The molecular weight excluding hydrogens is 263 g/mol. The summed E-state index contributed by atoms with van der Waals surface area (Å²) in [7, 11) is 0. The van der Waals surface area contributed by atoms with Crippen LogP contribution in [0.25, 0.3) is 0 Å². The van der Waals surface area contributed by atoms with Gasteiger partial charge in [0.2, 0.25) is 5.91 Å². The van der Waals surface area contributed by atoms with Gasteiger partial charge >= 0.3 is 0 Å². The predicted molar refractivity (Wildman–Crippen MR) is 70.7 cm³/mol. The smallest absolute Gasteiger partial charge is 0.258 e. The van der Waals surface area contributed by atoms with E-state index in [-0.39, 0.29) is 30.8 Å². The van der Waals surface area contributed by atoms with Crippen LogP contribution in [0.2, 0.25) is 0 Å². The molecule has 20 heavy (non-hydrogen) atoms. The van der Waals surface area contributed by atoms with Crippen molar-refractivity contribution in [1.82, 2.24) is 10.2 Å². The molecule has 0 aromatic heterocycles. The monoisotopic (exact) mass is 280 g/mol. The zero-order valence-corrected chi connectivity index (χ0v) is 11.1. The highest BCUT2D eigenvalue weighted by atomic mass is 19.1. The molecule has 2 amide bonds. The normalized spacial score (nSPS) is 14.2. The van der Waals surface area contributed by atoms with Crippen LogP contribution in [0.4, 0.5) is 4.39 Å². The molecule has 1 fully saturated rings. The van der Waals surface area contributed by atoms with Gasteiger partial charge in [-0.15, -0.1) is 0 Å². The van der Waals surface area contributed by atoms with Crippen LogP contribution in [0.5, 0.6) is 5.75 Å². The zero-order chi connectivity index (χ0) is 14.4. The third-order valence-corrected chi connectivity index (χ3v) is 3.08. The Morgan fingerprint density at radius 3 is 2.50 bits per heavy atom. The van der Waals surface area contributed by atoms with Crippen molar-refractivity contribution in [3.05, 3.63) is 30.1 Å². The van der Waals surface area contributed by atoms with Crippen molar-refractivity contribution >= 4 is 11.8 Å². The molecule has 1 N–H and O–H groups in total. The molecule has 0 atom stereocenters. The van der Waals surface area contributed by atoms with E-state index in [0.29, 0.717) is 5.75 Å². The minimum atomic E-state index is -0.373. The number of nitrogens with zero attached hydrogens (tertiary/aromatic N) is 1. The first kappa shape index (κ1) is 14.3. The quantitative estimate of drug-likeness (QED) is 0.873. The van der Waals surface area contributed by atoms with Crippen LogP contribution in [0.1, 0.15) is 12.8 Å². The molecule has 0 spiro atoms. The van der Waals surface area contributed by atoms with Crippen LogP contribution >= 0.6 is 0 Å². The standard InChI is InChI=1S/C14H17FN2O3/c15-11-3-5-12(6-4-11)20-10-13(18)16-9-14(19)17-7-1-2-8-17/h3-6H,1-2,7-10H2,(H,16,18). The summed E-state index contributed by atoms with van der Waals surface area (Å²) < 4.78 is 17.8. The van der Waals surface area contributed by atoms with Gasteiger partial charge in [0.1, 0.15) is 11.6 Å². The molecular formula is C14H17FN2O3. The van der Waals surface area contributed by atoms with Gasteiger partial charge in [0, 0.05) is 13.1 Å². The summed E-state index contributed by atoms with van der Waals surface area (Å²) in [5.74, 6) is -0.398. The number of likely N-dealkylation sites (tertiary alicyclic amines) is 1. The first-order valence-electron chi connectivity index (χ1n) is 6.58. The van der Waals surface area contributed by atoms with Crippen molar-refractivity contribution in [3.8, 4) is 5.75 Å². The maximum atomic E-state index is 12.7. The zero-order valence-electron chi connectivity index (χ0n) is 11.1. The maximum Gasteiger partial charge on any atom is 0.258 e. The number of benzene rings is 1. The third kappa shape index (κ3) is 4.22. The molecule has 2 rings (SSSR count). The Labute approximate surface area is 116 Å². The lowest BCUT2D eigenvalue weighted by Crippen LogP contribution is -2.40. The van der Waals surface area contributed by atoms with Gasteiger partial charge in [-0.3, -0.25) is 9.59 Å². The molecule has 5 nitrogen and oxygen atoms in total. The Morgan fingerprint density at radius 2 is 1.85 bits per heavy atom. The summed E-state index contributed by atoms with van der Waals surface area (Å²) in [6, 6.07) is 5.39. The van der Waals surface area contributed by atoms with Gasteiger partial charge in [-0.25, -0.2) is 4.39 Å². The van der Waals surface area contributed by atoms with Crippen LogP contribution in [0.15, 0.2) is 24.3 Å². The van der Waals surface area contributed by atoms with E-state index >= 15 is 0 Å². The van der Waals surface area contributed by atoms with Crippen LogP contribution < -0.4 is 10.1 Å². The second kappa shape index (κ2) is 6.88. The van der Waals surface area contributed by atoms with E-state index < -0.39 is 0 Å². The van der Waals surface area contributed by atoms with Crippen LogP contribution in [0.3, 0.4) is 0 Å². The molecule has 0 aliphatic carbocycles. The van der Waals surface area contributed by atoms with Crippen molar-refractivity contribution in [3.63, 3.8) is 0 Å². The topological polar surface area (TPSA) is 58.6 Å². The van der Waals surface area contributed by atoms with Crippen LogP contribution in [-0.2, 0) is 9.59 Å². The number of hydrogen-bond acceptors (Lipinski definition) is 3. The lowest BCUT2D eigenvalue weighted by Gasteiger charge is -2.15. The number of ether oxygens (including phenoxy) is 1. The van der Waals surface area contributed by atoms with Gasteiger partial charge in [-0.2, -0.15) is 0 Å². The third-order valence-electron chi connectivity index (χ3n) is 3.08. The summed E-state index contributed by atoms with van der Waals surface area (Å²) >= 11 is 0. The summed E-state index contributed by atoms with van der Waals surface area (Å²) in [6.45, 7) is 1.33. The largest absolute Gasteiger partial charge is 0.484 e.